The van der Waals surface area contributed by atoms with Crippen LogP contribution in [0.25, 0.3) is 0 Å². The molecular weight excluding hydrogens is 238 g/mol. The van der Waals surface area contributed by atoms with E-state index >= 15 is 0 Å². The lowest BCUT2D eigenvalue weighted by atomic mass is 10.0. The summed E-state index contributed by atoms with van der Waals surface area (Å²) in [7, 11) is 0. The molecule has 0 aliphatic carbocycles. The van der Waals surface area contributed by atoms with Crippen LogP contribution in [-0.2, 0) is 6.42 Å². The minimum atomic E-state index is -0.342. The van der Waals surface area contributed by atoms with Crippen molar-refractivity contribution < 1.29 is 4.92 Å². The number of alkyl halides is 1. The molecule has 1 aromatic rings. The molecule has 1 rings (SSSR count). The van der Waals surface area contributed by atoms with Gasteiger partial charge in [-0.1, -0.05) is 44.4 Å². The predicted octanol–water partition coefficient (Wildman–Crippen LogP) is 4.33. The molecule has 0 bridgehead atoms. The molecule has 1 atom stereocenters. The summed E-state index contributed by atoms with van der Waals surface area (Å²) in [5.74, 6) is 0. The number of hydrogen-bond acceptors (Lipinski definition) is 2. The Bertz CT molecular complexity index is 368. The maximum atomic E-state index is 10.8. The number of nitro groups is 1. The number of unbranched alkanes of at least 4 members (excludes halogenated alkanes) is 2. The zero-order chi connectivity index (χ0) is 12.7. The molecular formula is C13H18ClNO2. The van der Waals surface area contributed by atoms with Crippen molar-refractivity contribution in [2.24, 2.45) is 0 Å². The van der Waals surface area contributed by atoms with Gasteiger partial charge in [-0.25, -0.2) is 0 Å². The smallest absolute Gasteiger partial charge is 0.258 e. The lowest BCUT2D eigenvalue weighted by Gasteiger charge is -2.09. The summed E-state index contributed by atoms with van der Waals surface area (Å²) in [6.45, 7) is 2.14. The Morgan fingerprint density at radius 1 is 1.35 bits per heavy atom. The fourth-order valence-electron chi connectivity index (χ4n) is 1.82. The third-order valence-corrected chi connectivity index (χ3v) is 3.12. The SMILES string of the molecule is CCCCCC(Cl)Cc1ccccc1[N+](=O)[O-]. The van der Waals surface area contributed by atoms with Crippen LogP contribution in [0.15, 0.2) is 24.3 Å². The Balaban J connectivity index is 2.58. The van der Waals surface area contributed by atoms with Gasteiger partial charge in [-0.15, -0.1) is 11.6 Å². The Morgan fingerprint density at radius 3 is 2.71 bits per heavy atom. The van der Waals surface area contributed by atoms with Crippen molar-refractivity contribution in [2.75, 3.05) is 0 Å². The molecule has 4 heteroatoms. The standard InChI is InChI=1S/C13H18ClNO2/c1-2-3-4-8-12(14)10-11-7-5-6-9-13(11)15(16)17/h5-7,9,12H,2-4,8,10H2,1H3. The molecule has 0 fully saturated rings. The summed E-state index contributed by atoms with van der Waals surface area (Å²) in [4.78, 5) is 10.5. The third-order valence-electron chi connectivity index (χ3n) is 2.75. The monoisotopic (exact) mass is 255 g/mol. The van der Waals surface area contributed by atoms with Crippen LogP contribution in [0.4, 0.5) is 5.69 Å². The van der Waals surface area contributed by atoms with Gasteiger partial charge in [0.05, 0.1) is 4.92 Å². The van der Waals surface area contributed by atoms with Gasteiger partial charge in [0.1, 0.15) is 0 Å². The molecule has 0 saturated heterocycles. The molecule has 0 aromatic heterocycles. The Kier molecular flexibility index (Phi) is 5.98. The normalized spacial score (nSPS) is 12.4. The first-order valence-electron chi connectivity index (χ1n) is 6.01. The number of rotatable bonds is 7. The van der Waals surface area contributed by atoms with Gasteiger partial charge in [-0.05, 0) is 12.8 Å². The van der Waals surface area contributed by atoms with E-state index in [1.54, 1.807) is 12.1 Å². The Labute approximate surface area is 107 Å². The molecule has 1 unspecified atom stereocenters. The molecule has 0 aliphatic heterocycles. The first-order chi connectivity index (χ1) is 8.15. The van der Waals surface area contributed by atoms with Gasteiger partial charge in [0.25, 0.3) is 5.69 Å². The molecule has 0 saturated carbocycles. The van der Waals surface area contributed by atoms with E-state index in [2.05, 4.69) is 6.92 Å². The largest absolute Gasteiger partial charge is 0.272 e. The number of benzene rings is 1. The van der Waals surface area contributed by atoms with Crippen molar-refractivity contribution in [3.63, 3.8) is 0 Å². The minimum absolute atomic E-state index is 0.0114. The van der Waals surface area contributed by atoms with E-state index in [9.17, 15) is 10.1 Å². The summed E-state index contributed by atoms with van der Waals surface area (Å²) >= 11 is 6.21. The number of nitrogens with zero attached hydrogens (tertiary/aromatic N) is 1. The van der Waals surface area contributed by atoms with E-state index < -0.39 is 0 Å². The quantitative estimate of drug-likeness (QED) is 0.315. The average Bonchev–Trinajstić information content (AvgIpc) is 2.29. The van der Waals surface area contributed by atoms with Crippen molar-refractivity contribution in [1.29, 1.82) is 0 Å². The van der Waals surface area contributed by atoms with Crippen LogP contribution in [-0.4, -0.2) is 10.3 Å². The highest BCUT2D eigenvalue weighted by Gasteiger charge is 2.15. The van der Waals surface area contributed by atoms with Crippen molar-refractivity contribution in [3.05, 3.63) is 39.9 Å². The number of hydrogen-bond donors (Lipinski definition) is 0. The highest BCUT2D eigenvalue weighted by molar-refractivity contribution is 6.20. The van der Waals surface area contributed by atoms with Crippen LogP contribution >= 0.6 is 11.6 Å². The van der Waals surface area contributed by atoms with Gasteiger partial charge in [0.15, 0.2) is 0 Å². The van der Waals surface area contributed by atoms with Crippen LogP contribution < -0.4 is 0 Å². The highest BCUT2D eigenvalue weighted by Crippen LogP contribution is 2.22. The molecule has 0 amide bonds. The number of para-hydroxylation sites is 1. The molecule has 3 nitrogen and oxygen atoms in total. The number of nitro benzene ring substituents is 1. The van der Waals surface area contributed by atoms with Gasteiger partial charge >= 0.3 is 0 Å². The van der Waals surface area contributed by atoms with E-state index in [4.69, 9.17) is 11.6 Å². The highest BCUT2D eigenvalue weighted by atomic mass is 35.5. The van der Waals surface area contributed by atoms with E-state index in [1.807, 2.05) is 6.07 Å². The van der Waals surface area contributed by atoms with Gasteiger partial charge in [0.2, 0.25) is 0 Å². The van der Waals surface area contributed by atoms with Crippen molar-refractivity contribution in [3.8, 4) is 0 Å². The Hall–Kier alpha value is -1.09. The molecule has 0 N–H and O–H groups in total. The fraction of sp³-hybridized carbons (Fsp3) is 0.538. The molecule has 0 radical (unpaired) electrons. The van der Waals surface area contributed by atoms with E-state index in [0.717, 1.165) is 24.8 Å². The lowest BCUT2D eigenvalue weighted by molar-refractivity contribution is -0.385. The van der Waals surface area contributed by atoms with Gasteiger partial charge in [-0.2, -0.15) is 0 Å². The molecule has 17 heavy (non-hydrogen) atoms. The third kappa shape index (κ3) is 4.73. The molecule has 0 heterocycles. The first-order valence-corrected chi connectivity index (χ1v) is 6.45. The van der Waals surface area contributed by atoms with Crippen molar-refractivity contribution in [1.82, 2.24) is 0 Å². The maximum absolute atomic E-state index is 10.8. The topological polar surface area (TPSA) is 43.1 Å². The van der Waals surface area contributed by atoms with Crippen LogP contribution in [0.2, 0.25) is 0 Å². The molecule has 0 aliphatic rings. The summed E-state index contributed by atoms with van der Waals surface area (Å²) < 4.78 is 0. The zero-order valence-electron chi connectivity index (χ0n) is 10.1. The van der Waals surface area contributed by atoms with Gasteiger partial charge < -0.3 is 0 Å². The van der Waals surface area contributed by atoms with Gasteiger partial charge in [-0.3, -0.25) is 10.1 Å². The maximum Gasteiger partial charge on any atom is 0.272 e. The number of halogens is 1. The van der Waals surface area contributed by atoms with Crippen LogP contribution in [0.1, 0.15) is 38.2 Å². The lowest BCUT2D eigenvalue weighted by Crippen LogP contribution is -2.05. The van der Waals surface area contributed by atoms with Crippen LogP contribution in [0, 0.1) is 10.1 Å². The second-order valence-electron chi connectivity index (χ2n) is 4.18. The van der Waals surface area contributed by atoms with E-state index in [-0.39, 0.29) is 16.0 Å². The summed E-state index contributed by atoms with van der Waals surface area (Å²) in [5, 5.41) is 10.8. The second-order valence-corrected chi connectivity index (χ2v) is 4.80. The molecule has 1 aromatic carbocycles. The van der Waals surface area contributed by atoms with E-state index in [0.29, 0.717) is 6.42 Å². The van der Waals surface area contributed by atoms with E-state index in [1.165, 1.54) is 12.5 Å². The fourth-order valence-corrected chi connectivity index (χ4v) is 2.14. The summed E-state index contributed by atoms with van der Waals surface area (Å²) in [6, 6.07) is 6.82. The molecule has 0 spiro atoms. The Morgan fingerprint density at radius 2 is 2.06 bits per heavy atom. The molecule has 94 valence electrons. The van der Waals surface area contributed by atoms with Crippen molar-refractivity contribution >= 4 is 17.3 Å². The van der Waals surface area contributed by atoms with Crippen molar-refractivity contribution in [2.45, 2.75) is 44.4 Å². The minimum Gasteiger partial charge on any atom is -0.258 e. The zero-order valence-corrected chi connectivity index (χ0v) is 10.8. The predicted molar refractivity (Wildman–Crippen MR) is 70.6 cm³/mol. The second kappa shape index (κ2) is 7.28. The summed E-state index contributed by atoms with van der Waals surface area (Å²) in [6.07, 6.45) is 4.91. The van der Waals surface area contributed by atoms with Crippen LogP contribution in [0.5, 0.6) is 0 Å². The van der Waals surface area contributed by atoms with Gasteiger partial charge in [0, 0.05) is 17.0 Å². The van der Waals surface area contributed by atoms with Crippen LogP contribution in [0.3, 0.4) is 0 Å². The average molecular weight is 256 g/mol. The first kappa shape index (κ1) is 14.0. The summed E-state index contributed by atoms with van der Waals surface area (Å²) in [5.41, 5.74) is 0.905.